The molecule has 1 aliphatic rings. The van der Waals surface area contributed by atoms with E-state index in [1.807, 2.05) is 0 Å². The van der Waals surface area contributed by atoms with Crippen molar-refractivity contribution in [3.05, 3.63) is 47.0 Å². The van der Waals surface area contributed by atoms with E-state index in [-0.39, 0.29) is 16.5 Å². The summed E-state index contributed by atoms with van der Waals surface area (Å²) in [7, 11) is 0. The third kappa shape index (κ3) is 4.51. The van der Waals surface area contributed by atoms with Crippen molar-refractivity contribution in [3.63, 3.8) is 0 Å². The molecule has 138 valence electrons. The molecule has 26 heavy (non-hydrogen) atoms. The van der Waals surface area contributed by atoms with E-state index in [2.05, 4.69) is 15.3 Å². The molecule has 1 aliphatic carbocycles. The topological polar surface area (TPSA) is 54.9 Å². The van der Waals surface area contributed by atoms with Crippen LogP contribution in [0.25, 0.3) is 0 Å². The molecule has 0 atom stereocenters. The fraction of sp³-hybridized carbons (Fsp3) is 0.353. The number of hydrogen-bond donors (Lipinski definition) is 1. The molecule has 0 bridgehead atoms. The number of thioether (sulfide) groups is 1. The highest BCUT2D eigenvalue weighted by atomic mass is 32.2. The summed E-state index contributed by atoms with van der Waals surface area (Å²) in [5, 5.41) is 2.48. The summed E-state index contributed by atoms with van der Waals surface area (Å²) in [5.41, 5.74) is 0.0897. The van der Waals surface area contributed by atoms with Gasteiger partial charge in [-0.3, -0.25) is 4.79 Å². The van der Waals surface area contributed by atoms with Crippen molar-refractivity contribution in [1.82, 2.24) is 9.97 Å². The van der Waals surface area contributed by atoms with Gasteiger partial charge < -0.3 is 5.32 Å². The van der Waals surface area contributed by atoms with Gasteiger partial charge >= 0.3 is 6.18 Å². The molecular weight excluding hydrogens is 370 g/mol. The molecule has 1 heterocycles. The van der Waals surface area contributed by atoms with Crippen LogP contribution in [0, 0.1) is 5.82 Å². The second-order valence-corrected chi connectivity index (χ2v) is 6.77. The predicted molar refractivity (Wildman–Crippen MR) is 89.4 cm³/mol. The standard InChI is InChI=1S/C17H15F4N3OS/c18-10-5-7-11(8-6-10)22-14(25)9-26-16-23-13-4-2-1-3-12(13)15(24-16)17(19,20)21/h5-8H,1-4,9H2,(H,22,25). The number of carbonyl (C=O) groups is 1. The highest BCUT2D eigenvalue weighted by Gasteiger charge is 2.38. The Balaban J connectivity index is 1.71. The number of nitrogens with one attached hydrogen (secondary N) is 1. The van der Waals surface area contributed by atoms with Crippen LogP contribution in [0.4, 0.5) is 23.2 Å². The monoisotopic (exact) mass is 385 g/mol. The van der Waals surface area contributed by atoms with Gasteiger partial charge in [0.2, 0.25) is 5.91 Å². The van der Waals surface area contributed by atoms with Crippen LogP contribution in [0.3, 0.4) is 0 Å². The number of hydrogen-bond acceptors (Lipinski definition) is 4. The second-order valence-electron chi connectivity index (χ2n) is 5.83. The summed E-state index contributed by atoms with van der Waals surface area (Å²) >= 11 is 0.846. The van der Waals surface area contributed by atoms with Gasteiger partial charge in [0, 0.05) is 16.9 Å². The molecule has 9 heteroatoms. The molecule has 3 rings (SSSR count). The number of halogens is 4. The highest BCUT2D eigenvalue weighted by Crippen LogP contribution is 2.35. The fourth-order valence-corrected chi connectivity index (χ4v) is 3.39. The molecule has 1 aromatic carbocycles. The van der Waals surface area contributed by atoms with Crippen molar-refractivity contribution in [2.24, 2.45) is 0 Å². The minimum absolute atomic E-state index is 0.0627. The molecule has 0 aliphatic heterocycles. The van der Waals surface area contributed by atoms with Crippen molar-refractivity contribution in [1.29, 1.82) is 0 Å². The third-order valence-electron chi connectivity index (χ3n) is 3.89. The molecule has 0 radical (unpaired) electrons. The first-order valence-electron chi connectivity index (χ1n) is 7.98. The molecule has 0 saturated heterocycles. The lowest BCUT2D eigenvalue weighted by Gasteiger charge is -2.20. The Kier molecular flexibility index (Phi) is 5.45. The Labute approximate surface area is 151 Å². The van der Waals surface area contributed by atoms with Gasteiger partial charge in [-0.2, -0.15) is 13.2 Å². The van der Waals surface area contributed by atoms with Crippen molar-refractivity contribution in [3.8, 4) is 0 Å². The Morgan fingerprint density at radius 3 is 2.50 bits per heavy atom. The van der Waals surface area contributed by atoms with E-state index in [0.717, 1.165) is 18.2 Å². The molecule has 1 amide bonds. The number of aromatic nitrogens is 2. The Bertz CT molecular complexity index is 809. The first kappa shape index (κ1) is 18.6. The number of benzene rings is 1. The number of alkyl halides is 3. The average molecular weight is 385 g/mol. The van der Waals surface area contributed by atoms with Gasteiger partial charge in [-0.05, 0) is 49.9 Å². The van der Waals surface area contributed by atoms with Crippen molar-refractivity contribution < 1.29 is 22.4 Å². The first-order valence-corrected chi connectivity index (χ1v) is 8.96. The number of carbonyl (C=O) groups excluding carboxylic acids is 1. The maximum absolute atomic E-state index is 13.3. The summed E-state index contributed by atoms with van der Waals surface area (Å²) in [6.07, 6.45) is -2.27. The minimum atomic E-state index is -4.55. The van der Waals surface area contributed by atoms with Gasteiger partial charge in [0.05, 0.1) is 5.75 Å². The zero-order valence-electron chi connectivity index (χ0n) is 13.6. The van der Waals surface area contributed by atoms with E-state index in [1.54, 1.807) is 0 Å². The maximum atomic E-state index is 13.3. The molecule has 0 saturated carbocycles. The van der Waals surface area contributed by atoms with Gasteiger partial charge in [0.1, 0.15) is 5.82 Å². The molecule has 0 unspecified atom stereocenters. The number of rotatable bonds is 4. The van der Waals surface area contributed by atoms with Crippen molar-refractivity contribution >= 4 is 23.4 Å². The zero-order chi connectivity index (χ0) is 18.7. The van der Waals surface area contributed by atoms with Gasteiger partial charge in [-0.15, -0.1) is 0 Å². The van der Waals surface area contributed by atoms with E-state index < -0.39 is 23.6 Å². The zero-order valence-corrected chi connectivity index (χ0v) is 14.4. The Morgan fingerprint density at radius 1 is 1.12 bits per heavy atom. The maximum Gasteiger partial charge on any atom is 0.433 e. The van der Waals surface area contributed by atoms with E-state index >= 15 is 0 Å². The molecule has 0 spiro atoms. The van der Waals surface area contributed by atoms with Crippen LogP contribution in [0.15, 0.2) is 29.4 Å². The molecule has 4 nitrogen and oxygen atoms in total. The second kappa shape index (κ2) is 7.61. The van der Waals surface area contributed by atoms with E-state index in [9.17, 15) is 22.4 Å². The van der Waals surface area contributed by atoms with Crippen LogP contribution < -0.4 is 5.32 Å². The lowest BCUT2D eigenvalue weighted by molar-refractivity contribution is -0.142. The van der Waals surface area contributed by atoms with Crippen LogP contribution in [-0.2, 0) is 23.8 Å². The quantitative estimate of drug-likeness (QED) is 0.486. The Hall–Kier alpha value is -2.16. The lowest BCUT2D eigenvalue weighted by Crippen LogP contribution is -2.20. The summed E-state index contributed by atoms with van der Waals surface area (Å²) in [5.74, 6) is -1.01. The van der Waals surface area contributed by atoms with Crippen LogP contribution >= 0.6 is 11.8 Å². The number of fused-ring (bicyclic) bond motifs is 1. The van der Waals surface area contributed by atoms with E-state index in [1.165, 1.54) is 24.3 Å². The summed E-state index contributed by atoms with van der Waals surface area (Å²) in [6, 6.07) is 5.19. The number of anilines is 1. The first-order chi connectivity index (χ1) is 12.3. The van der Waals surface area contributed by atoms with Crippen molar-refractivity contribution in [2.75, 3.05) is 11.1 Å². The summed E-state index contributed by atoms with van der Waals surface area (Å²) in [4.78, 5) is 19.8. The molecule has 0 fully saturated rings. The van der Waals surface area contributed by atoms with Crippen LogP contribution in [-0.4, -0.2) is 21.6 Å². The number of aryl methyl sites for hydroxylation is 1. The normalized spacial score (nSPS) is 14.0. The minimum Gasteiger partial charge on any atom is -0.325 e. The smallest absolute Gasteiger partial charge is 0.325 e. The molecule has 2 aromatic rings. The molecular formula is C17H15F4N3OS. The number of amides is 1. The van der Waals surface area contributed by atoms with Gasteiger partial charge in [0.25, 0.3) is 0 Å². The summed E-state index contributed by atoms with van der Waals surface area (Å²) in [6.45, 7) is 0. The highest BCUT2D eigenvalue weighted by molar-refractivity contribution is 7.99. The third-order valence-corrected chi connectivity index (χ3v) is 4.74. The van der Waals surface area contributed by atoms with Crippen LogP contribution in [0.5, 0.6) is 0 Å². The SMILES string of the molecule is O=C(CSc1nc2c(c(C(F)(F)F)n1)CCCC2)Nc1ccc(F)cc1. The van der Waals surface area contributed by atoms with Crippen LogP contribution in [0.2, 0.25) is 0 Å². The van der Waals surface area contributed by atoms with Gasteiger partial charge in [-0.1, -0.05) is 11.8 Å². The number of nitrogens with zero attached hydrogens (tertiary/aromatic N) is 2. The average Bonchev–Trinajstić information content (AvgIpc) is 2.60. The van der Waals surface area contributed by atoms with Gasteiger partial charge in [-0.25, -0.2) is 14.4 Å². The molecule has 1 N–H and O–H groups in total. The Morgan fingerprint density at radius 2 is 1.81 bits per heavy atom. The van der Waals surface area contributed by atoms with Crippen LogP contribution in [0.1, 0.15) is 29.8 Å². The van der Waals surface area contributed by atoms with E-state index in [4.69, 9.17) is 0 Å². The summed E-state index contributed by atoms with van der Waals surface area (Å²) < 4.78 is 52.6. The van der Waals surface area contributed by atoms with E-state index in [0.29, 0.717) is 30.6 Å². The molecule has 1 aromatic heterocycles. The van der Waals surface area contributed by atoms with Gasteiger partial charge in [0.15, 0.2) is 10.9 Å². The fourth-order valence-electron chi connectivity index (χ4n) is 2.73. The predicted octanol–water partition coefficient (Wildman–Crippen LogP) is 4.24. The largest absolute Gasteiger partial charge is 0.433 e. The lowest BCUT2D eigenvalue weighted by atomic mass is 9.94. The van der Waals surface area contributed by atoms with Crippen molar-refractivity contribution in [2.45, 2.75) is 37.0 Å².